The Bertz CT molecular complexity index is 861. The average Bonchev–Trinajstić information content (AvgIpc) is 3.20. The van der Waals surface area contributed by atoms with Crippen LogP contribution >= 0.6 is 0 Å². The van der Waals surface area contributed by atoms with E-state index in [-0.39, 0.29) is 12.3 Å². The Labute approximate surface area is 139 Å². The lowest BCUT2D eigenvalue weighted by Gasteiger charge is -2.24. The monoisotopic (exact) mass is 327 g/mol. The molecule has 0 bridgehead atoms. The molecule has 1 saturated heterocycles. The first-order chi connectivity index (χ1) is 11.7. The number of anilines is 1. The lowest BCUT2D eigenvalue weighted by Crippen LogP contribution is -2.20. The summed E-state index contributed by atoms with van der Waals surface area (Å²) >= 11 is 0. The molecule has 0 spiro atoms. The van der Waals surface area contributed by atoms with Crippen molar-refractivity contribution in [2.24, 2.45) is 0 Å². The minimum atomic E-state index is -0.0612. The molecule has 0 aliphatic carbocycles. The fraction of sp³-hybridized carbons (Fsp3) is 0.500. The van der Waals surface area contributed by atoms with Gasteiger partial charge in [-0.15, -0.1) is 0 Å². The SMILES string of the molecule is CC(C)n1nc(-c2ccnn2C2CCCCO2)c2c(N)ncnc21. The summed E-state index contributed by atoms with van der Waals surface area (Å²) in [6, 6.07) is 2.11. The van der Waals surface area contributed by atoms with Crippen LogP contribution in [0.4, 0.5) is 5.82 Å². The largest absolute Gasteiger partial charge is 0.383 e. The average molecular weight is 327 g/mol. The van der Waals surface area contributed by atoms with Crippen molar-refractivity contribution in [3.63, 3.8) is 0 Å². The molecule has 1 aliphatic heterocycles. The molecule has 0 radical (unpaired) electrons. The fourth-order valence-electron chi connectivity index (χ4n) is 3.18. The molecule has 0 amide bonds. The standard InChI is InChI=1S/C16H21N7O/c1-10(2)22-16-13(15(17)18-9-19-16)14(21-22)11-6-7-20-23(11)12-5-3-4-8-24-12/h6-7,9-10,12H,3-5,8H2,1-2H3,(H2,17,18,19). The van der Waals surface area contributed by atoms with Gasteiger partial charge in [0, 0.05) is 18.8 Å². The minimum absolute atomic E-state index is 0.0612. The first kappa shape index (κ1) is 15.1. The van der Waals surface area contributed by atoms with Gasteiger partial charge in [0.2, 0.25) is 0 Å². The zero-order valence-corrected chi connectivity index (χ0v) is 13.9. The van der Waals surface area contributed by atoms with E-state index in [1.165, 1.54) is 6.33 Å². The van der Waals surface area contributed by atoms with Crippen LogP contribution < -0.4 is 5.73 Å². The molecule has 3 aromatic heterocycles. The van der Waals surface area contributed by atoms with Gasteiger partial charge in [-0.05, 0) is 39.2 Å². The third-order valence-electron chi connectivity index (χ3n) is 4.35. The number of hydrogen-bond donors (Lipinski definition) is 1. The molecular formula is C16H21N7O. The zero-order chi connectivity index (χ0) is 16.7. The molecule has 0 saturated carbocycles. The van der Waals surface area contributed by atoms with Gasteiger partial charge in [-0.1, -0.05) is 0 Å². The van der Waals surface area contributed by atoms with E-state index >= 15 is 0 Å². The quantitative estimate of drug-likeness (QED) is 0.794. The van der Waals surface area contributed by atoms with Gasteiger partial charge in [-0.25, -0.2) is 19.3 Å². The summed E-state index contributed by atoms with van der Waals surface area (Å²) in [5.41, 5.74) is 8.52. The molecule has 24 heavy (non-hydrogen) atoms. The molecule has 2 N–H and O–H groups in total. The summed E-state index contributed by atoms with van der Waals surface area (Å²) in [7, 11) is 0. The second-order valence-corrected chi connectivity index (χ2v) is 6.33. The lowest BCUT2D eigenvalue weighted by molar-refractivity contribution is -0.0384. The molecule has 1 atom stereocenters. The molecule has 1 aliphatic rings. The Hall–Kier alpha value is -2.48. The van der Waals surface area contributed by atoms with E-state index in [1.807, 2.05) is 15.4 Å². The Balaban J connectivity index is 1.90. The van der Waals surface area contributed by atoms with Gasteiger partial charge in [0.15, 0.2) is 11.9 Å². The van der Waals surface area contributed by atoms with Crippen LogP contribution in [0.3, 0.4) is 0 Å². The number of hydrogen-bond acceptors (Lipinski definition) is 6. The highest BCUT2D eigenvalue weighted by Crippen LogP contribution is 2.34. The summed E-state index contributed by atoms with van der Waals surface area (Å²) in [4.78, 5) is 8.53. The smallest absolute Gasteiger partial charge is 0.164 e. The van der Waals surface area contributed by atoms with Crippen LogP contribution in [0.2, 0.25) is 0 Å². The van der Waals surface area contributed by atoms with E-state index in [1.54, 1.807) is 6.20 Å². The maximum absolute atomic E-state index is 6.14. The Kier molecular flexibility index (Phi) is 3.68. The van der Waals surface area contributed by atoms with Gasteiger partial charge in [0.1, 0.15) is 17.8 Å². The van der Waals surface area contributed by atoms with Crippen molar-refractivity contribution in [3.05, 3.63) is 18.6 Å². The molecule has 1 unspecified atom stereocenters. The fourth-order valence-corrected chi connectivity index (χ4v) is 3.18. The maximum atomic E-state index is 6.14. The van der Waals surface area contributed by atoms with Crippen molar-refractivity contribution in [1.82, 2.24) is 29.5 Å². The molecule has 4 rings (SSSR count). The Morgan fingerprint density at radius 1 is 1.29 bits per heavy atom. The van der Waals surface area contributed by atoms with Crippen molar-refractivity contribution in [2.75, 3.05) is 12.3 Å². The lowest BCUT2D eigenvalue weighted by atomic mass is 10.1. The molecule has 1 fully saturated rings. The molecule has 3 aromatic rings. The van der Waals surface area contributed by atoms with Gasteiger partial charge in [-0.3, -0.25) is 0 Å². The number of nitrogens with two attached hydrogens (primary N) is 1. The first-order valence-corrected chi connectivity index (χ1v) is 8.31. The summed E-state index contributed by atoms with van der Waals surface area (Å²) in [6.07, 6.45) is 6.37. The van der Waals surface area contributed by atoms with E-state index < -0.39 is 0 Å². The van der Waals surface area contributed by atoms with E-state index in [2.05, 4.69) is 28.9 Å². The highest BCUT2D eigenvalue weighted by atomic mass is 16.5. The van der Waals surface area contributed by atoms with E-state index in [0.717, 1.165) is 48.3 Å². The van der Waals surface area contributed by atoms with Crippen LogP contribution in [0, 0.1) is 0 Å². The Morgan fingerprint density at radius 2 is 2.17 bits per heavy atom. The third-order valence-corrected chi connectivity index (χ3v) is 4.35. The van der Waals surface area contributed by atoms with Crippen LogP contribution in [0.1, 0.15) is 45.4 Å². The van der Waals surface area contributed by atoms with Crippen LogP contribution in [0.15, 0.2) is 18.6 Å². The van der Waals surface area contributed by atoms with E-state index in [0.29, 0.717) is 5.82 Å². The van der Waals surface area contributed by atoms with Crippen LogP contribution in [0.5, 0.6) is 0 Å². The van der Waals surface area contributed by atoms with Gasteiger partial charge >= 0.3 is 0 Å². The predicted octanol–water partition coefficient (Wildman–Crippen LogP) is 2.55. The van der Waals surface area contributed by atoms with Crippen molar-refractivity contribution in [1.29, 1.82) is 0 Å². The summed E-state index contributed by atoms with van der Waals surface area (Å²) in [6.45, 7) is 4.89. The number of nitrogens with zero attached hydrogens (tertiary/aromatic N) is 6. The summed E-state index contributed by atoms with van der Waals surface area (Å²) < 4.78 is 9.66. The van der Waals surface area contributed by atoms with Gasteiger partial charge in [0.25, 0.3) is 0 Å². The van der Waals surface area contributed by atoms with E-state index in [4.69, 9.17) is 15.6 Å². The minimum Gasteiger partial charge on any atom is -0.383 e. The molecular weight excluding hydrogens is 306 g/mol. The second kappa shape index (κ2) is 5.86. The molecule has 126 valence electrons. The van der Waals surface area contributed by atoms with Crippen LogP contribution in [0.25, 0.3) is 22.4 Å². The number of fused-ring (bicyclic) bond motifs is 1. The molecule has 8 nitrogen and oxygen atoms in total. The van der Waals surface area contributed by atoms with Crippen molar-refractivity contribution in [2.45, 2.75) is 45.4 Å². The third kappa shape index (κ3) is 2.34. The van der Waals surface area contributed by atoms with Crippen LogP contribution in [-0.2, 0) is 4.74 Å². The van der Waals surface area contributed by atoms with Crippen LogP contribution in [-0.4, -0.2) is 36.1 Å². The van der Waals surface area contributed by atoms with Gasteiger partial charge in [-0.2, -0.15) is 10.2 Å². The highest BCUT2D eigenvalue weighted by Gasteiger charge is 2.24. The topological polar surface area (TPSA) is 96.7 Å². The normalized spacial score (nSPS) is 18.5. The summed E-state index contributed by atoms with van der Waals surface area (Å²) in [5, 5.41) is 10.0. The molecule has 0 aromatic carbocycles. The first-order valence-electron chi connectivity index (χ1n) is 8.31. The van der Waals surface area contributed by atoms with Crippen molar-refractivity contribution >= 4 is 16.9 Å². The predicted molar refractivity (Wildman–Crippen MR) is 90.2 cm³/mol. The zero-order valence-electron chi connectivity index (χ0n) is 13.9. The highest BCUT2D eigenvalue weighted by molar-refractivity contribution is 5.97. The van der Waals surface area contributed by atoms with E-state index in [9.17, 15) is 0 Å². The number of aromatic nitrogens is 6. The molecule has 4 heterocycles. The second-order valence-electron chi connectivity index (χ2n) is 6.33. The van der Waals surface area contributed by atoms with Crippen molar-refractivity contribution < 1.29 is 4.74 Å². The maximum Gasteiger partial charge on any atom is 0.164 e. The molecule has 8 heteroatoms. The number of nitrogen functional groups attached to an aromatic ring is 1. The summed E-state index contributed by atoms with van der Waals surface area (Å²) in [5.74, 6) is 0.430. The Morgan fingerprint density at radius 3 is 2.92 bits per heavy atom. The van der Waals surface area contributed by atoms with Gasteiger partial charge in [0.05, 0.1) is 11.1 Å². The number of ether oxygens (including phenoxy) is 1. The number of rotatable bonds is 3. The van der Waals surface area contributed by atoms with Gasteiger partial charge < -0.3 is 10.5 Å². The van der Waals surface area contributed by atoms with Crippen molar-refractivity contribution in [3.8, 4) is 11.4 Å².